The zero-order valence-corrected chi connectivity index (χ0v) is 15.4. The van der Waals surface area contributed by atoms with Crippen LogP contribution in [0.5, 0.6) is 0 Å². The zero-order valence-electron chi connectivity index (χ0n) is 14.6. The summed E-state index contributed by atoms with van der Waals surface area (Å²) >= 11 is 0. The number of esters is 1. The highest BCUT2D eigenvalue weighted by molar-refractivity contribution is 6.03. The number of carbonyl (C=O) groups excluding carboxylic acids is 1. The first-order valence-corrected chi connectivity index (χ1v) is 7.99. The molecular formula is C18H25ClN2O3. The first kappa shape index (κ1) is 20.2. The van der Waals surface area contributed by atoms with Gasteiger partial charge in [0.05, 0.1) is 11.1 Å². The van der Waals surface area contributed by atoms with Crippen molar-refractivity contribution in [3.63, 3.8) is 0 Å². The molecule has 0 aliphatic heterocycles. The van der Waals surface area contributed by atoms with Crippen molar-refractivity contribution in [2.75, 3.05) is 19.7 Å². The summed E-state index contributed by atoms with van der Waals surface area (Å²) in [5.74, 6) is -0.446. The predicted octanol–water partition coefficient (Wildman–Crippen LogP) is 2.85. The lowest BCUT2D eigenvalue weighted by molar-refractivity contribution is 0.0383. The van der Waals surface area contributed by atoms with Gasteiger partial charge in [0.25, 0.3) is 5.56 Å². The molecule has 1 atom stereocenters. The van der Waals surface area contributed by atoms with Crippen molar-refractivity contribution in [3.05, 3.63) is 46.2 Å². The number of aryl methyl sites for hydroxylation is 1. The second-order valence-electron chi connectivity index (χ2n) is 5.64. The Labute approximate surface area is 148 Å². The normalized spacial score (nSPS) is 12.0. The number of rotatable bonds is 6. The van der Waals surface area contributed by atoms with Gasteiger partial charge in [-0.3, -0.25) is 9.69 Å². The Kier molecular flexibility index (Phi) is 7.45. The lowest BCUT2D eigenvalue weighted by Gasteiger charge is -2.25. The molecule has 0 amide bonds. The topological polar surface area (TPSA) is 51.5 Å². The van der Waals surface area contributed by atoms with Crippen LogP contribution in [0.1, 0.15) is 31.1 Å². The molecule has 24 heavy (non-hydrogen) atoms. The van der Waals surface area contributed by atoms with Crippen molar-refractivity contribution in [1.29, 1.82) is 0 Å². The molecule has 0 bridgehead atoms. The molecular weight excluding hydrogens is 328 g/mol. The van der Waals surface area contributed by atoms with Crippen molar-refractivity contribution in [2.24, 2.45) is 7.05 Å². The molecule has 0 aliphatic carbocycles. The number of halogens is 1. The number of pyridine rings is 1. The summed E-state index contributed by atoms with van der Waals surface area (Å²) in [5, 5.41) is 0.732. The summed E-state index contributed by atoms with van der Waals surface area (Å²) in [7, 11) is 1.70. The highest BCUT2D eigenvalue weighted by Gasteiger charge is 2.17. The number of hydrogen-bond donors (Lipinski definition) is 0. The number of aromatic nitrogens is 1. The van der Waals surface area contributed by atoms with E-state index in [2.05, 4.69) is 18.7 Å². The summed E-state index contributed by atoms with van der Waals surface area (Å²) in [4.78, 5) is 26.7. The molecule has 1 heterocycles. The molecule has 0 radical (unpaired) electrons. The van der Waals surface area contributed by atoms with Crippen LogP contribution >= 0.6 is 12.4 Å². The number of para-hydroxylation sites is 1. The second-order valence-corrected chi connectivity index (χ2v) is 5.64. The van der Waals surface area contributed by atoms with Crippen molar-refractivity contribution >= 4 is 29.3 Å². The molecule has 0 spiro atoms. The second kappa shape index (κ2) is 8.85. The first-order chi connectivity index (χ1) is 11.0. The maximum atomic E-state index is 12.4. The van der Waals surface area contributed by atoms with Crippen molar-refractivity contribution in [3.8, 4) is 0 Å². The van der Waals surface area contributed by atoms with Gasteiger partial charge in [-0.1, -0.05) is 32.0 Å². The van der Waals surface area contributed by atoms with Crippen LogP contribution in [0.15, 0.2) is 35.1 Å². The molecule has 132 valence electrons. The van der Waals surface area contributed by atoms with Gasteiger partial charge in [0.2, 0.25) is 0 Å². The molecule has 0 N–H and O–H groups in total. The molecule has 0 fully saturated rings. The number of carbonyl (C=O) groups is 1. The van der Waals surface area contributed by atoms with E-state index >= 15 is 0 Å². The third-order valence-corrected chi connectivity index (χ3v) is 4.27. The van der Waals surface area contributed by atoms with E-state index in [1.165, 1.54) is 10.6 Å². The molecule has 2 rings (SSSR count). The van der Waals surface area contributed by atoms with Gasteiger partial charge in [-0.05, 0) is 26.1 Å². The lowest BCUT2D eigenvalue weighted by atomic mass is 10.1. The standard InChI is InChI=1S/C18H24N2O3.ClH/c1-5-20(6-2)13(3)12-23-18(22)15-11-17(21)19(4)16-10-8-7-9-14(15)16;/h7-11,13H,5-6,12H2,1-4H3;1H. The Morgan fingerprint density at radius 3 is 2.50 bits per heavy atom. The van der Waals surface area contributed by atoms with Gasteiger partial charge in [-0.25, -0.2) is 4.79 Å². The van der Waals surface area contributed by atoms with E-state index in [1.54, 1.807) is 7.05 Å². The fourth-order valence-corrected chi connectivity index (χ4v) is 2.81. The molecule has 0 saturated heterocycles. The Bertz CT molecular complexity index is 754. The number of fused-ring (bicyclic) bond motifs is 1. The Morgan fingerprint density at radius 1 is 1.25 bits per heavy atom. The number of hydrogen-bond acceptors (Lipinski definition) is 4. The fourth-order valence-electron chi connectivity index (χ4n) is 2.81. The van der Waals surface area contributed by atoms with Gasteiger partial charge in [0.15, 0.2) is 0 Å². The van der Waals surface area contributed by atoms with Gasteiger partial charge in [-0.2, -0.15) is 0 Å². The number of nitrogens with zero attached hydrogens (tertiary/aromatic N) is 2. The number of benzene rings is 1. The molecule has 1 aromatic carbocycles. The zero-order chi connectivity index (χ0) is 17.0. The van der Waals surface area contributed by atoms with E-state index in [-0.39, 0.29) is 24.0 Å². The SMILES string of the molecule is CCN(CC)C(C)COC(=O)c1cc(=O)n(C)c2ccccc12.Cl. The van der Waals surface area contributed by atoms with E-state index in [9.17, 15) is 9.59 Å². The summed E-state index contributed by atoms with van der Waals surface area (Å²) in [6, 6.07) is 8.85. The van der Waals surface area contributed by atoms with Crippen LogP contribution in [0.2, 0.25) is 0 Å². The van der Waals surface area contributed by atoms with Crippen LogP contribution in [-0.2, 0) is 11.8 Å². The van der Waals surface area contributed by atoms with Crippen LogP contribution in [0.25, 0.3) is 10.9 Å². The quantitative estimate of drug-likeness (QED) is 0.750. The smallest absolute Gasteiger partial charge is 0.339 e. The molecule has 0 saturated carbocycles. The summed E-state index contributed by atoms with van der Waals surface area (Å²) in [6.45, 7) is 8.31. The van der Waals surface area contributed by atoms with E-state index in [0.717, 1.165) is 24.0 Å². The van der Waals surface area contributed by atoms with Crippen LogP contribution in [0, 0.1) is 0 Å². The average Bonchev–Trinajstić information content (AvgIpc) is 2.57. The predicted molar refractivity (Wildman–Crippen MR) is 99.1 cm³/mol. The number of ether oxygens (including phenoxy) is 1. The summed E-state index contributed by atoms with van der Waals surface area (Å²) in [5.41, 5.74) is 0.839. The van der Waals surface area contributed by atoms with Crippen LogP contribution < -0.4 is 5.56 Å². The largest absolute Gasteiger partial charge is 0.460 e. The van der Waals surface area contributed by atoms with Crippen LogP contribution in [0.4, 0.5) is 0 Å². The minimum absolute atomic E-state index is 0. The third-order valence-electron chi connectivity index (χ3n) is 4.27. The van der Waals surface area contributed by atoms with Gasteiger partial charge in [-0.15, -0.1) is 12.4 Å². The summed E-state index contributed by atoms with van der Waals surface area (Å²) < 4.78 is 6.98. The first-order valence-electron chi connectivity index (χ1n) is 7.99. The fraction of sp³-hybridized carbons (Fsp3) is 0.444. The maximum Gasteiger partial charge on any atom is 0.339 e. The van der Waals surface area contributed by atoms with E-state index < -0.39 is 5.97 Å². The monoisotopic (exact) mass is 352 g/mol. The lowest BCUT2D eigenvalue weighted by Crippen LogP contribution is -2.36. The molecule has 1 aromatic heterocycles. The van der Waals surface area contributed by atoms with Gasteiger partial charge < -0.3 is 9.30 Å². The molecule has 1 unspecified atom stereocenters. The van der Waals surface area contributed by atoms with Gasteiger partial charge in [0.1, 0.15) is 6.61 Å². The molecule has 6 heteroatoms. The van der Waals surface area contributed by atoms with E-state index in [1.807, 2.05) is 31.2 Å². The van der Waals surface area contributed by atoms with Crippen LogP contribution in [-0.4, -0.2) is 41.2 Å². The van der Waals surface area contributed by atoms with Gasteiger partial charge >= 0.3 is 5.97 Å². The minimum Gasteiger partial charge on any atom is -0.460 e. The molecule has 5 nitrogen and oxygen atoms in total. The van der Waals surface area contributed by atoms with E-state index in [0.29, 0.717) is 12.2 Å². The van der Waals surface area contributed by atoms with Crippen molar-refractivity contribution in [1.82, 2.24) is 9.47 Å². The number of likely N-dealkylation sites (N-methyl/N-ethyl adjacent to an activating group) is 1. The highest BCUT2D eigenvalue weighted by atomic mass is 35.5. The third kappa shape index (κ3) is 4.16. The van der Waals surface area contributed by atoms with Crippen LogP contribution in [0.3, 0.4) is 0 Å². The highest BCUT2D eigenvalue weighted by Crippen LogP contribution is 2.17. The van der Waals surface area contributed by atoms with Crippen molar-refractivity contribution in [2.45, 2.75) is 26.8 Å². The minimum atomic E-state index is -0.446. The average molecular weight is 353 g/mol. The maximum absolute atomic E-state index is 12.4. The van der Waals surface area contributed by atoms with E-state index in [4.69, 9.17) is 4.74 Å². The molecule has 0 aliphatic rings. The Balaban J connectivity index is 0.00000288. The Morgan fingerprint density at radius 2 is 1.88 bits per heavy atom. The molecule has 2 aromatic rings. The Hall–Kier alpha value is -1.85. The van der Waals surface area contributed by atoms with Crippen molar-refractivity contribution < 1.29 is 9.53 Å². The summed E-state index contributed by atoms with van der Waals surface area (Å²) in [6.07, 6.45) is 0. The van der Waals surface area contributed by atoms with Gasteiger partial charge in [0, 0.05) is 24.5 Å².